The fraction of sp³-hybridized carbons (Fsp3) is 0. The number of anilines is 1. The van der Waals surface area contributed by atoms with Crippen LogP contribution in [0.5, 0.6) is 5.88 Å². The second-order valence-electron chi connectivity index (χ2n) is 5.09. The number of fused-ring (bicyclic) bond motifs is 1. The Labute approximate surface area is 136 Å². The molecule has 4 rings (SSSR count). The molecule has 0 saturated carbocycles. The van der Waals surface area contributed by atoms with Gasteiger partial charge in [0.2, 0.25) is 5.95 Å². The van der Waals surface area contributed by atoms with Crippen molar-refractivity contribution in [1.29, 1.82) is 0 Å². The molecule has 0 atom stereocenters. The fourth-order valence-electron chi connectivity index (χ4n) is 2.53. The first-order chi connectivity index (χ1) is 11.7. The van der Waals surface area contributed by atoms with Crippen LogP contribution in [0.25, 0.3) is 22.2 Å². The van der Waals surface area contributed by atoms with Crippen LogP contribution in [-0.2, 0) is 0 Å². The lowest BCUT2D eigenvalue weighted by Crippen LogP contribution is -2.20. The van der Waals surface area contributed by atoms with E-state index in [0.29, 0.717) is 16.7 Å². The molecule has 0 aliphatic heterocycles. The molecule has 1 amide bonds. The van der Waals surface area contributed by atoms with Crippen molar-refractivity contribution in [2.24, 2.45) is 0 Å². The molecular formula is C17H12N4O3. The molecule has 7 heteroatoms. The topological polar surface area (TPSA) is 93.2 Å². The summed E-state index contributed by atoms with van der Waals surface area (Å²) in [5, 5.41) is 13.4. The summed E-state index contributed by atoms with van der Waals surface area (Å²) in [7, 11) is 0. The molecule has 0 saturated heterocycles. The predicted molar refractivity (Wildman–Crippen MR) is 87.8 cm³/mol. The number of nitrogens with zero attached hydrogens (tertiary/aromatic N) is 3. The molecule has 0 bridgehead atoms. The number of benzene rings is 1. The maximum Gasteiger partial charge on any atom is 0.335 e. The van der Waals surface area contributed by atoms with E-state index in [-0.39, 0.29) is 11.8 Å². The molecule has 0 aliphatic rings. The Morgan fingerprint density at radius 2 is 1.96 bits per heavy atom. The summed E-state index contributed by atoms with van der Waals surface area (Å²) in [5.41, 5.74) is 1.42. The molecule has 7 nitrogen and oxygen atoms in total. The lowest BCUT2D eigenvalue weighted by molar-refractivity contribution is 0.251. The van der Waals surface area contributed by atoms with Crippen LogP contribution < -0.4 is 5.32 Å². The Morgan fingerprint density at radius 3 is 2.71 bits per heavy atom. The van der Waals surface area contributed by atoms with Crippen LogP contribution >= 0.6 is 0 Å². The highest BCUT2D eigenvalue weighted by Gasteiger charge is 2.16. The maximum absolute atomic E-state index is 12.4. The molecule has 3 heterocycles. The summed E-state index contributed by atoms with van der Waals surface area (Å²) in [5.74, 6) is 0.706. The van der Waals surface area contributed by atoms with Gasteiger partial charge in [0.1, 0.15) is 5.76 Å². The molecule has 118 valence electrons. The minimum Gasteiger partial charge on any atom is -0.494 e. The van der Waals surface area contributed by atoms with Crippen molar-refractivity contribution < 1.29 is 14.3 Å². The van der Waals surface area contributed by atoms with E-state index in [0.717, 1.165) is 10.1 Å². The molecule has 3 aromatic heterocycles. The van der Waals surface area contributed by atoms with Crippen molar-refractivity contribution in [2.45, 2.75) is 0 Å². The summed E-state index contributed by atoms with van der Waals surface area (Å²) < 4.78 is 6.53. The Kier molecular flexibility index (Phi) is 3.24. The number of aromatic nitrogens is 3. The van der Waals surface area contributed by atoms with Gasteiger partial charge in [-0.3, -0.25) is 5.32 Å². The van der Waals surface area contributed by atoms with Gasteiger partial charge in [-0.15, -0.1) is 0 Å². The molecule has 0 radical (unpaired) electrons. The lowest BCUT2D eigenvalue weighted by atomic mass is 10.1. The summed E-state index contributed by atoms with van der Waals surface area (Å²) in [6.45, 7) is 0. The number of nitrogens with one attached hydrogen (secondary N) is 1. The van der Waals surface area contributed by atoms with Crippen LogP contribution in [0.3, 0.4) is 0 Å². The smallest absolute Gasteiger partial charge is 0.335 e. The summed E-state index contributed by atoms with van der Waals surface area (Å²) >= 11 is 0. The minimum absolute atomic E-state index is 0.163. The molecule has 4 aromatic rings. The summed E-state index contributed by atoms with van der Waals surface area (Å²) in [6, 6.07) is 11.7. The Balaban J connectivity index is 1.73. The third-order valence-corrected chi connectivity index (χ3v) is 3.58. The van der Waals surface area contributed by atoms with Crippen molar-refractivity contribution in [3.63, 3.8) is 0 Å². The van der Waals surface area contributed by atoms with Gasteiger partial charge < -0.3 is 9.52 Å². The monoisotopic (exact) mass is 320 g/mol. The number of furan rings is 1. The van der Waals surface area contributed by atoms with Gasteiger partial charge in [-0.2, -0.15) is 0 Å². The van der Waals surface area contributed by atoms with Crippen LogP contribution in [0, 0.1) is 0 Å². The fourth-order valence-corrected chi connectivity index (χ4v) is 2.53. The van der Waals surface area contributed by atoms with Gasteiger partial charge in [-0.1, -0.05) is 0 Å². The van der Waals surface area contributed by atoms with E-state index in [2.05, 4.69) is 15.3 Å². The van der Waals surface area contributed by atoms with Gasteiger partial charge >= 0.3 is 6.03 Å². The second kappa shape index (κ2) is 5.54. The van der Waals surface area contributed by atoms with Crippen LogP contribution in [0.1, 0.15) is 0 Å². The van der Waals surface area contributed by atoms with Crippen molar-refractivity contribution in [3.05, 3.63) is 61.1 Å². The minimum atomic E-state index is -0.542. The first kappa shape index (κ1) is 14.0. The quantitative estimate of drug-likeness (QED) is 0.590. The zero-order chi connectivity index (χ0) is 16.5. The van der Waals surface area contributed by atoms with E-state index < -0.39 is 6.03 Å². The zero-order valence-corrected chi connectivity index (χ0v) is 12.4. The lowest BCUT2D eigenvalue weighted by Gasteiger charge is -2.07. The van der Waals surface area contributed by atoms with Crippen LogP contribution in [0.2, 0.25) is 0 Å². The van der Waals surface area contributed by atoms with Gasteiger partial charge in [-0.25, -0.2) is 19.3 Å². The second-order valence-corrected chi connectivity index (χ2v) is 5.09. The van der Waals surface area contributed by atoms with Crippen LogP contribution in [0.15, 0.2) is 65.5 Å². The summed E-state index contributed by atoms with van der Waals surface area (Å²) in [4.78, 5) is 20.3. The molecular weight excluding hydrogens is 308 g/mol. The van der Waals surface area contributed by atoms with Crippen molar-refractivity contribution >= 4 is 22.9 Å². The van der Waals surface area contributed by atoms with E-state index in [4.69, 9.17) is 4.42 Å². The molecule has 0 fully saturated rings. The third-order valence-electron chi connectivity index (χ3n) is 3.58. The summed E-state index contributed by atoms with van der Waals surface area (Å²) in [6.07, 6.45) is 4.63. The van der Waals surface area contributed by atoms with Crippen molar-refractivity contribution in [2.75, 3.05) is 5.32 Å². The number of rotatable bonds is 2. The molecule has 0 aliphatic carbocycles. The molecule has 1 aromatic carbocycles. The Morgan fingerprint density at radius 1 is 1.12 bits per heavy atom. The Hall–Kier alpha value is -3.61. The number of hydrogen-bond acceptors (Lipinski definition) is 5. The van der Waals surface area contributed by atoms with Crippen LogP contribution in [0.4, 0.5) is 10.7 Å². The average molecular weight is 320 g/mol. The van der Waals surface area contributed by atoms with E-state index in [1.165, 1.54) is 18.5 Å². The van der Waals surface area contributed by atoms with Crippen LogP contribution in [-0.4, -0.2) is 25.7 Å². The number of carbonyl (C=O) groups is 1. The average Bonchev–Trinajstić information content (AvgIpc) is 3.21. The molecule has 2 N–H and O–H groups in total. The SMILES string of the molecule is O=C(Nc1ncccn1)n1c(O)cc2cc(-c3ccco3)ccc21. The van der Waals surface area contributed by atoms with E-state index in [9.17, 15) is 9.90 Å². The van der Waals surface area contributed by atoms with E-state index >= 15 is 0 Å². The first-order valence-electron chi connectivity index (χ1n) is 7.19. The third kappa shape index (κ3) is 2.38. The molecule has 0 unspecified atom stereocenters. The molecule has 24 heavy (non-hydrogen) atoms. The number of carbonyl (C=O) groups excluding carboxylic acids is 1. The molecule has 0 spiro atoms. The highest BCUT2D eigenvalue weighted by Crippen LogP contribution is 2.29. The Bertz CT molecular complexity index is 1010. The van der Waals surface area contributed by atoms with Crippen molar-refractivity contribution in [3.8, 4) is 17.2 Å². The van der Waals surface area contributed by atoms with E-state index in [1.807, 2.05) is 18.2 Å². The van der Waals surface area contributed by atoms with Crippen molar-refractivity contribution in [1.82, 2.24) is 14.5 Å². The number of hydrogen-bond donors (Lipinski definition) is 2. The standard InChI is InChI=1S/C17H12N4O3/c22-15-10-12-9-11(14-3-1-8-24-14)4-5-13(12)21(15)17(23)20-16-18-6-2-7-19-16/h1-10,22H,(H,18,19,20,23). The van der Waals surface area contributed by atoms with E-state index in [1.54, 1.807) is 24.5 Å². The zero-order valence-electron chi connectivity index (χ0n) is 12.4. The van der Waals surface area contributed by atoms with Gasteiger partial charge in [0, 0.05) is 29.4 Å². The number of amides is 1. The highest BCUT2D eigenvalue weighted by molar-refractivity contribution is 6.00. The largest absolute Gasteiger partial charge is 0.494 e. The van der Waals surface area contributed by atoms with Gasteiger partial charge in [-0.05, 0) is 36.4 Å². The predicted octanol–water partition coefficient (Wildman–Crippen LogP) is 3.48. The van der Waals surface area contributed by atoms with Gasteiger partial charge in [0.25, 0.3) is 0 Å². The number of aromatic hydroxyl groups is 1. The normalized spacial score (nSPS) is 10.8. The highest BCUT2D eigenvalue weighted by atomic mass is 16.3. The van der Waals surface area contributed by atoms with Gasteiger partial charge in [0.05, 0.1) is 11.8 Å². The van der Waals surface area contributed by atoms with Gasteiger partial charge in [0.15, 0.2) is 5.88 Å². The maximum atomic E-state index is 12.4. The first-order valence-corrected chi connectivity index (χ1v) is 7.19.